The van der Waals surface area contributed by atoms with E-state index in [1.165, 1.54) is 5.56 Å². The number of hydrogen-bond donors (Lipinski definition) is 0. The van der Waals surface area contributed by atoms with Crippen molar-refractivity contribution >= 4 is 12.4 Å². The van der Waals surface area contributed by atoms with Gasteiger partial charge in [-0.05, 0) is 57.0 Å². The molecular formula is C17H27ClN2O. The number of methoxy groups -OCH3 is 1. The molecule has 0 aliphatic heterocycles. The van der Waals surface area contributed by atoms with Crippen molar-refractivity contribution in [2.24, 2.45) is 0 Å². The van der Waals surface area contributed by atoms with Gasteiger partial charge in [0.2, 0.25) is 0 Å². The smallest absolute Gasteiger partial charge is 0.118 e. The highest BCUT2D eigenvalue weighted by Crippen LogP contribution is 2.15. The van der Waals surface area contributed by atoms with E-state index in [-0.39, 0.29) is 12.4 Å². The molecule has 0 aliphatic rings. The van der Waals surface area contributed by atoms with Gasteiger partial charge in [0.25, 0.3) is 0 Å². The Morgan fingerprint density at radius 3 is 2.43 bits per heavy atom. The van der Waals surface area contributed by atoms with Gasteiger partial charge in [-0.1, -0.05) is 19.1 Å². The van der Waals surface area contributed by atoms with Gasteiger partial charge >= 0.3 is 0 Å². The van der Waals surface area contributed by atoms with Crippen LogP contribution in [0.1, 0.15) is 38.7 Å². The average Bonchev–Trinajstić information content (AvgIpc) is 2.48. The third-order valence-electron chi connectivity index (χ3n) is 3.70. The first-order valence-corrected chi connectivity index (χ1v) is 7.45. The van der Waals surface area contributed by atoms with Gasteiger partial charge in [-0.2, -0.15) is 5.26 Å². The van der Waals surface area contributed by atoms with Crippen LogP contribution in [0.25, 0.3) is 0 Å². The van der Waals surface area contributed by atoms with Crippen LogP contribution in [0.2, 0.25) is 0 Å². The van der Waals surface area contributed by atoms with Gasteiger partial charge in [-0.25, -0.2) is 0 Å². The number of benzene rings is 1. The minimum absolute atomic E-state index is 0. The Morgan fingerprint density at radius 2 is 1.90 bits per heavy atom. The second kappa shape index (κ2) is 11.4. The standard InChI is InChI=1S/C17H26N2O.ClH/c1-4-19(13-7-5-6-12-18)15(2)14-16-8-10-17(20-3)11-9-16;/h8-11,15H,4-7,13-14H2,1-3H3;1H. The van der Waals surface area contributed by atoms with Crippen LogP contribution in [-0.2, 0) is 6.42 Å². The molecule has 0 bridgehead atoms. The molecule has 1 atom stereocenters. The minimum atomic E-state index is 0. The lowest BCUT2D eigenvalue weighted by Gasteiger charge is -2.28. The Morgan fingerprint density at radius 1 is 1.24 bits per heavy atom. The van der Waals surface area contributed by atoms with Crippen molar-refractivity contribution in [1.82, 2.24) is 4.90 Å². The number of ether oxygens (including phenoxy) is 1. The molecule has 0 N–H and O–H groups in total. The van der Waals surface area contributed by atoms with Crippen molar-refractivity contribution in [3.8, 4) is 11.8 Å². The monoisotopic (exact) mass is 310 g/mol. The number of hydrogen-bond acceptors (Lipinski definition) is 3. The fourth-order valence-electron chi connectivity index (χ4n) is 2.44. The zero-order valence-electron chi connectivity index (χ0n) is 13.3. The molecule has 21 heavy (non-hydrogen) atoms. The summed E-state index contributed by atoms with van der Waals surface area (Å²) in [6.07, 6.45) is 3.83. The maximum atomic E-state index is 8.56. The molecule has 0 saturated heterocycles. The zero-order chi connectivity index (χ0) is 14.8. The summed E-state index contributed by atoms with van der Waals surface area (Å²) >= 11 is 0. The third kappa shape index (κ3) is 7.36. The van der Waals surface area contributed by atoms with E-state index in [4.69, 9.17) is 10.00 Å². The number of likely N-dealkylation sites (N-methyl/N-ethyl adjacent to an activating group) is 1. The Bertz CT molecular complexity index is 414. The fraction of sp³-hybridized carbons (Fsp3) is 0.588. The average molecular weight is 311 g/mol. The van der Waals surface area contributed by atoms with Crippen LogP contribution in [0.15, 0.2) is 24.3 Å². The fourth-order valence-corrected chi connectivity index (χ4v) is 2.44. The lowest BCUT2D eigenvalue weighted by Crippen LogP contribution is -2.35. The molecule has 1 aromatic rings. The molecule has 0 aliphatic carbocycles. The summed E-state index contributed by atoms with van der Waals surface area (Å²) < 4.78 is 5.18. The van der Waals surface area contributed by atoms with E-state index in [9.17, 15) is 0 Å². The van der Waals surface area contributed by atoms with E-state index in [0.717, 1.165) is 38.1 Å². The molecule has 0 aromatic heterocycles. The van der Waals surface area contributed by atoms with Crippen LogP contribution < -0.4 is 4.74 Å². The molecule has 1 aromatic carbocycles. The molecular weight excluding hydrogens is 284 g/mol. The van der Waals surface area contributed by atoms with Gasteiger partial charge in [0.15, 0.2) is 0 Å². The lowest BCUT2D eigenvalue weighted by atomic mass is 10.1. The number of halogens is 1. The van der Waals surface area contributed by atoms with Gasteiger partial charge in [0.1, 0.15) is 5.75 Å². The van der Waals surface area contributed by atoms with E-state index in [1.54, 1.807) is 7.11 Å². The van der Waals surface area contributed by atoms with Crippen LogP contribution in [-0.4, -0.2) is 31.1 Å². The summed E-state index contributed by atoms with van der Waals surface area (Å²) in [6.45, 7) is 6.62. The van der Waals surface area contributed by atoms with Gasteiger partial charge in [0, 0.05) is 12.5 Å². The van der Waals surface area contributed by atoms with Crippen molar-refractivity contribution < 1.29 is 4.74 Å². The Balaban J connectivity index is 0.00000400. The maximum absolute atomic E-state index is 8.56. The Labute approximate surface area is 135 Å². The lowest BCUT2D eigenvalue weighted by molar-refractivity contribution is 0.214. The number of unbranched alkanes of at least 4 members (excludes halogenated alkanes) is 2. The van der Waals surface area contributed by atoms with Crippen molar-refractivity contribution in [2.75, 3.05) is 20.2 Å². The summed E-state index contributed by atoms with van der Waals surface area (Å²) in [6, 6.07) is 11.0. The van der Waals surface area contributed by atoms with Crippen LogP contribution in [0.3, 0.4) is 0 Å². The number of nitriles is 1. The molecule has 3 nitrogen and oxygen atoms in total. The number of rotatable bonds is 9. The topological polar surface area (TPSA) is 36.3 Å². The molecule has 0 saturated carbocycles. The molecule has 1 rings (SSSR count). The van der Waals surface area contributed by atoms with Gasteiger partial charge in [-0.3, -0.25) is 0 Å². The van der Waals surface area contributed by atoms with E-state index in [2.05, 4.69) is 36.9 Å². The van der Waals surface area contributed by atoms with Crippen LogP contribution >= 0.6 is 12.4 Å². The summed E-state index contributed by atoms with van der Waals surface area (Å²) in [5.74, 6) is 0.908. The summed E-state index contributed by atoms with van der Waals surface area (Å²) in [7, 11) is 1.69. The normalized spacial score (nSPS) is 11.6. The highest BCUT2D eigenvalue weighted by molar-refractivity contribution is 5.85. The van der Waals surface area contributed by atoms with Crippen molar-refractivity contribution in [2.45, 2.75) is 45.6 Å². The molecule has 0 spiro atoms. The number of nitrogens with zero attached hydrogens (tertiary/aromatic N) is 2. The molecule has 4 heteroatoms. The predicted molar refractivity (Wildman–Crippen MR) is 90.1 cm³/mol. The van der Waals surface area contributed by atoms with Crippen LogP contribution in [0.5, 0.6) is 5.75 Å². The van der Waals surface area contributed by atoms with E-state index in [1.807, 2.05) is 12.1 Å². The van der Waals surface area contributed by atoms with Crippen LogP contribution in [0, 0.1) is 11.3 Å². The van der Waals surface area contributed by atoms with E-state index < -0.39 is 0 Å². The second-order valence-electron chi connectivity index (χ2n) is 5.15. The molecule has 0 fully saturated rings. The minimum Gasteiger partial charge on any atom is -0.497 e. The molecule has 0 amide bonds. The highest BCUT2D eigenvalue weighted by Gasteiger charge is 2.12. The van der Waals surface area contributed by atoms with Gasteiger partial charge in [0.05, 0.1) is 13.2 Å². The van der Waals surface area contributed by atoms with Gasteiger partial charge in [-0.15, -0.1) is 12.4 Å². The first-order valence-electron chi connectivity index (χ1n) is 7.45. The first-order chi connectivity index (χ1) is 9.71. The maximum Gasteiger partial charge on any atom is 0.118 e. The summed E-state index contributed by atoms with van der Waals surface area (Å²) in [4.78, 5) is 2.49. The summed E-state index contributed by atoms with van der Waals surface area (Å²) in [5, 5.41) is 8.56. The van der Waals surface area contributed by atoms with Crippen molar-refractivity contribution in [1.29, 1.82) is 5.26 Å². The van der Waals surface area contributed by atoms with E-state index in [0.29, 0.717) is 12.5 Å². The second-order valence-corrected chi connectivity index (χ2v) is 5.15. The molecule has 118 valence electrons. The Hall–Kier alpha value is -1.24. The third-order valence-corrected chi connectivity index (χ3v) is 3.70. The summed E-state index contributed by atoms with van der Waals surface area (Å²) in [5.41, 5.74) is 1.34. The van der Waals surface area contributed by atoms with E-state index >= 15 is 0 Å². The van der Waals surface area contributed by atoms with Crippen LogP contribution in [0.4, 0.5) is 0 Å². The van der Waals surface area contributed by atoms with Crippen molar-refractivity contribution in [3.05, 3.63) is 29.8 Å². The van der Waals surface area contributed by atoms with Crippen molar-refractivity contribution in [3.63, 3.8) is 0 Å². The Kier molecular flexibility index (Phi) is 10.7. The zero-order valence-corrected chi connectivity index (χ0v) is 14.2. The highest BCUT2D eigenvalue weighted by atomic mass is 35.5. The molecule has 0 heterocycles. The first kappa shape index (κ1) is 19.8. The molecule has 0 radical (unpaired) electrons. The molecule has 1 unspecified atom stereocenters. The predicted octanol–water partition coefficient (Wildman–Crippen LogP) is 4.06. The SMILES string of the molecule is CCN(CCCCC#N)C(C)Cc1ccc(OC)cc1.Cl. The largest absolute Gasteiger partial charge is 0.497 e. The quantitative estimate of drug-likeness (QED) is 0.645. The van der Waals surface area contributed by atoms with Gasteiger partial charge < -0.3 is 9.64 Å².